The van der Waals surface area contributed by atoms with Crippen LogP contribution in [0.5, 0.6) is 5.75 Å². The lowest BCUT2D eigenvalue weighted by Gasteiger charge is -2.29. The van der Waals surface area contributed by atoms with Crippen LogP contribution in [0.25, 0.3) is 0 Å². The molecule has 0 unspecified atom stereocenters. The largest absolute Gasteiger partial charge is 0.489 e. The molecular formula is C18H21N3O4S. The van der Waals surface area contributed by atoms with Crippen LogP contribution in [0.15, 0.2) is 52.5 Å². The second kappa shape index (κ2) is 7.43. The smallest absolute Gasteiger partial charge is 0.250 e. The molecule has 2 heterocycles. The third-order valence-corrected chi connectivity index (χ3v) is 6.12. The molecule has 0 saturated carbocycles. The van der Waals surface area contributed by atoms with E-state index in [4.69, 9.17) is 10.5 Å². The summed E-state index contributed by atoms with van der Waals surface area (Å²) in [6.07, 6.45) is 3.34. The molecule has 26 heavy (non-hydrogen) atoms. The quantitative estimate of drug-likeness (QED) is 0.849. The first-order chi connectivity index (χ1) is 12.4. The molecule has 1 fully saturated rings. The number of benzene rings is 1. The topological polar surface area (TPSA) is 103 Å². The number of nitrogens with two attached hydrogens (primary N) is 1. The second-order valence-corrected chi connectivity index (χ2v) is 8.18. The van der Waals surface area contributed by atoms with Crippen LogP contribution >= 0.6 is 0 Å². The highest BCUT2D eigenvalue weighted by Gasteiger charge is 2.25. The first-order valence-corrected chi connectivity index (χ1v) is 9.81. The van der Waals surface area contributed by atoms with Crippen molar-refractivity contribution in [2.75, 3.05) is 20.1 Å². The lowest BCUT2D eigenvalue weighted by molar-refractivity contribution is 0.0997. The van der Waals surface area contributed by atoms with Crippen LogP contribution in [-0.2, 0) is 9.84 Å². The molecule has 7 nitrogen and oxygen atoms in total. The summed E-state index contributed by atoms with van der Waals surface area (Å²) in [6.45, 7) is 1.93. The molecular weight excluding hydrogens is 354 g/mol. The van der Waals surface area contributed by atoms with E-state index in [-0.39, 0.29) is 21.6 Å². The van der Waals surface area contributed by atoms with Crippen molar-refractivity contribution in [1.29, 1.82) is 0 Å². The number of aromatic nitrogens is 1. The second-order valence-electron chi connectivity index (χ2n) is 6.32. The maximum Gasteiger partial charge on any atom is 0.250 e. The van der Waals surface area contributed by atoms with E-state index >= 15 is 0 Å². The number of sulfone groups is 1. The first-order valence-electron chi connectivity index (χ1n) is 8.33. The van der Waals surface area contributed by atoms with Gasteiger partial charge in [-0.15, -0.1) is 0 Å². The van der Waals surface area contributed by atoms with Crippen molar-refractivity contribution in [2.24, 2.45) is 5.73 Å². The van der Waals surface area contributed by atoms with Crippen molar-refractivity contribution in [2.45, 2.75) is 28.9 Å². The van der Waals surface area contributed by atoms with Crippen LogP contribution in [0, 0.1) is 0 Å². The van der Waals surface area contributed by atoms with E-state index in [1.54, 1.807) is 12.1 Å². The Hall–Kier alpha value is -2.45. The Balaban J connectivity index is 1.81. The number of piperidine rings is 1. The van der Waals surface area contributed by atoms with Crippen molar-refractivity contribution in [1.82, 2.24) is 9.88 Å². The summed E-state index contributed by atoms with van der Waals surface area (Å²) in [5.74, 6) is -0.270. The molecule has 1 aromatic heterocycles. The van der Waals surface area contributed by atoms with Crippen LogP contribution in [0.4, 0.5) is 0 Å². The van der Waals surface area contributed by atoms with E-state index in [0.29, 0.717) is 5.75 Å². The average Bonchev–Trinajstić information content (AvgIpc) is 2.64. The van der Waals surface area contributed by atoms with Gasteiger partial charge in [0.2, 0.25) is 15.7 Å². The highest BCUT2D eigenvalue weighted by atomic mass is 32.2. The monoisotopic (exact) mass is 375 g/mol. The standard InChI is InChI=1S/C18H21N3O4S/c1-21-10-8-13(9-11-21)25-14-6-7-17(20-12-14)26(23,24)16-5-3-2-4-15(16)18(19)22/h2-7,12-13H,8-11H2,1H3,(H2,19,22). The van der Waals surface area contributed by atoms with Crippen molar-refractivity contribution in [3.8, 4) is 5.75 Å². The Labute approximate surface area is 152 Å². The SMILES string of the molecule is CN1CCC(Oc2ccc(S(=O)(=O)c3ccccc3C(N)=O)nc2)CC1. The third kappa shape index (κ3) is 3.86. The van der Waals surface area contributed by atoms with Gasteiger partial charge in [0.1, 0.15) is 11.9 Å². The molecule has 1 aromatic carbocycles. The minimum Gasteiger partial charge on any atom is -0.489 e. The number of hydrogen-bond acceptors (Lipinski definition) is 6. The molecule has 138 valence electrons. The molecule has 2 aromatic rings. The third-order valence-electron chi connectivity index (χ3n) is 4.39. The highest BCUT2D eigenvalue weighted by molar-refractivity contribution is 7.91. The summed E-state index contributed by atoms with van der Waals surface area (Å²) in [5, 5.41) is -0.151. The Morgan fingerprint density at radius 1 is 1.19 bits per heavy atom. The van der Waals surface area contributed by atoms with Crippen LogP contribution in [-0.4, -0.2) is 50.5 Å². The summed E-state index contributed by atoms with van der Waals surface area (Å²) < 4.78 is 31.4. The first kappa shape index (κ1) is 18.3. The Morgan fingerprint density at radius 2 is 1.88 bits per heavy atom. The van der Waals surface area contributed by atoms with E-state index < -0.39 is 15.7 Å². The number of hydrogen-bond donors (Lipinski definition) is 1. The summed E-state index contributed by atoms with van der Waals surface area (Å²) >= 11 is 0. The van der Waals surface area contributed by atoms with Gasteiger partial charge >= 0.3 is 0 Å². The fourth-order valence-corrected chi connectivity index (χ4v) is 4.29. The maximum atomic E-state index is 12.8. The van der Waals surface area contributed by atoms with Gasteiger partial charge < -0.3 is 15.4 Å². The number of ether oxygens (including phenoxy) is 1. The van der Waals surface area contributed by atoms with E-state index in [1.807, 2.05) is 0 Å². The predicted octanol–water partition coefficient (Wildman–Crippen LogP) is 1.49. The normalized spacial score (nSPS) is 16.3. The van der Waals surface area contributed by atoms with Crippen molar-refractivity contribution in [3.63, 3.8) is 0 Å². The Morgan fingerprint density at radius 3 is 2.50 bits per heavy atom. The van der Waals surface area contributed by atoms with Gasteiger partial charge in [-0.25, -0.2) is 13.4 Å². The molecule has 1 aliphatic rings. The van der Waals surface area contributed by atoms with Crippen molar-refractivity contribution < 1.29 is 17.9 Å². The van der Waals surface area contributed by atoms with Crippen molar-refractivity contribution >= 4 is 15.7 Å². The molecule has 0 radical (unpaired) electrons. The molecule has 1 saturated heterocycles. The van der Waals surface area contributed by atoms with E-state index in [9.17, 15) is 13.2 Å². The van der Waals surface area contributed by atoms with Gasteiger partial charge in [-0.2, -0.15) is 0 Å². The van der Waals surface area contributed by atoms with E-state index in [1.165, 1.54) is 30.5 Å². The molecule has 0 spiro atoms. The molecule has 1 amide bonds. The van der Waals surface area contributed by atoms with Crippen LogP contribution < -0.4 is 10.5 Å². The van der Waals surface area contributed by atoms with Gasteiger partial charge in [0.15, 0.2) is 5.03 Å². The summed E-state index contributed by atoms with van der Waals surface area (Å²) in [6, 6.07) is 8.80. The Kier molecular flexibility index (Phi) is 5.24. The predicted molar refractivity (Wildman–Crippen MR) is 95.8 cm³/mol. The van der Waals surface area contributed by atoms with Crippen molar-refractivity contribution in [3.05, 3.63) is 48.2 Å². The summed E-state index contributed by atoms with van der Waals surface area (Å²) in [4.78, 5) is 17.6. The lowest BCUT2D eigenvalue weighted by Crippen LogP contribution is -2.35. The van der Waals surface area contributed by atoms with Gasteiger partial charge in [-0.3, -0.25) is 4.79 Å². The number of amides is 1. The highest BCUT2D eigenvalue weighted by Crippen LogP contribution is 2.25. The van der Waals surface area contributed by atoms with Gasteiger partial charge in [0, 0.05) is 13.1 Å². The molecule has 3 rings (SSSR count). The number of rotatable bonds is 5. The molecule has 8 heteroatoms. The molecule has 2 N–H and O–H groups in total. The zero-order chi connectivity index (χ0) is 18.7. The summed E-state index contributed by atoms with van der Waals surface area (Å²) in [7, 11) is -1.88. The molecule has 0 aliphatic carbocycles. The molecule has 0 bridgehead atoms. The number of primary amides is 1. The number of carbonyl (C=O) groups is 1. The van der Waals surface area contributed by atoms with E-state index in [0.717, 1.165) is 25.9 Å². The van der Waals surface area contributed by atoms with Crippen LogP contribution in [0.3, 0.4) is 0 Å². The van der Waals surface area contributed by atoms with Gasteiger partial charge in [-0.05, 0) is 44.2 Å². The van der Waals surface area contributed by atoms with Gasteiger partial charge in [-0.1, -0.05) is 12.1 Å². The maximum absolute atomic E-state index is 12.8. The minimum atomic E-state index is -3.95. The minimum absolute atomic E-state index is 0.0547. The molecule has 1 aliphatic heterocycles. The summed E-state index contributed by atoms with van der Waals surface area (Å²) in [5.41, 5.74) is 5.23. The number of nitrogens with zero attached hydrogens (tertiary/aromatic N) is 2. The number of likely N-dealkylation sites (tertiary alicyclic amines) is 1. The zero-order valence-electron chi connectivity index (χ0n) is 14.5. The Bertz CT molecular complexity index is 889. The van der Waals surface area contributed by atoms with Gasteiger partial charge in [0.25, 0.3) is 0 Å². The lowest BCUT2D eigenvalue weighted by atomic mass is 10.1. The van der Waals surface area contributed by atoms with Gasteiger partial charge in [0.05, 0.1) is 16.7 Å². The zero-order valence-corrected chi connectivity index (χ0v) is 15.3. The van der Waals surface area contributed by atoms with E-state index in [2.05, 4.69) is 16.9 Å². The average molecular weight is 375 g/mol. The van der Waals surface area contributed by atoms with Crippen LogP contribution in [0.1, 0.15) is 23.2 Å². The number of carbonyl (C=O) groups excluding carboxylic acids is 1. The fourth-order valence-electron chi connectivity index (χ4n) is 2.91. The number of pyridine rings is 1. The van der Waals surface area contributed by atoms with Crippen LogP contribution in [0.2, 0.25) is 0 Å². The molecule has 0 atom stereocenters. The fraction of sp³-hybridized carbons (Fsp3) is 0.333.